The summed E-state index contributed by atoms with van der Waals surface area (Å²) in [4.78, 5) is 0. The summed E-state index contributed by atoms with van der Waals surface area (Å²) in [6.07, 6.45) is 0.768. The Labute approximate surface area is 62.6 Å². The van der Waals surface area contributed by atoms with Crippen LogP contribution in [0.4, 0.5) is 0 Å². The average molecular weight is 146 g/mol. The van der Waals surface area contributed by atoms with Gasteiger partial charge in [-0.05, 0) is 13.3 Å². The number of hydrogen-bond donors (Lipinski definition) is 3. The Morgan fingerprint density at radius 1 is 1.60 bits per heavy atom. The monoisotopic (exact) mass is 146 g/mol. The summed E-state index contributed by atoms with van der Waals surface area (Å²) < 4.78 is 0. The van der Waals surface area contributed by atoms with Gasteiger partial charge in [-0.3, -0.25) is 0 Å². The van der Waals surface area contributed by atoms with Crippen molar-refractivity contribution in [3.8, 4) is 0 Å². The molecule has 0 fully saturated rings. The summed E-state index contributed by atoms with van der Waals surface area (Å²) >= 11 is 0. The zero-order chi connectivity index (χ0) is 8.04. The zero-order valence-electron chi connectivity index (χ0n) is 6.85. The van der Waals surface area contributed by atoms with Gasteiger partial charge in [-0.1, -0.05) is 6.92 Å². The van der Waals surface area contributed by atoms with Crippen LogP contribution in [0.25, 0.3) is 0 Å². The van der Waals surface area contributed by atoms with Gasteiger partial charge in [-0.25, -0.2) is 0 Å². The van der Waals surface area contributed by atoms with Gasteiger partial charge in [-0.15, -0.1) is 0 Å². The van der Waals surface area contributed by atoms with Crippen LogP contribution in [0.2, 0.25) is 0 Å². The summed E-state index contributed by atoms with van der Waals surface area (Å²) in [5.74, 6) is 0. The van der Waals surface area contributed by atoms with Crippen molar-refractivity contribution >= 4 is 0 Å². The topological polar surface area (TPSA) is 58.3 Å². The van der Waals surface area contributed by atoms with Gasteiger partial charge in [0.2, 0.25) is 0 Å². The largest absolute Gasteiger partial charge is 0.389 e. The van der Waals surface area contributed by atoms with Crippen LogP contribution in [0.5, 0.6) is 0 Å². The second-order valence-electron chi connectivity index (χ2n) is 2.82. The van der Waals surface area contributed by atoms with Crippen molar-refractivity contribution in [3.63, 3.8) is 0 Å². The van der Waals surface area contributed by atoms with E-state index in [-0.39, 0.29) is 0 Å². The Morgan fingerprint density at radius 2 is 2.20 bits per heavy atom. The molecule has 0 aliphatic heterocycles. The Balaban J connectivity index is 3.28. The molecule has 0 spiro atoms. The first kappa shape index (κ1) is 9.88. The molecule has 3 nitrogen and oxygen atoms in total. The van der Waals surface area contributed by atoms with E-state index in [1.165, 1.54) is 0 Å². The van der Waals surface area contributed by atoms with Crippen molar-refractivity contribution in [2.75, 3.05) is 19.6 Å². The molecule has 10 heavy (non-hydrogen) atoms. The highest BCUT2D eigenvalue weighted by Gasteiger charge is 2.15. The predicted molar refractivity (Wildman–Crippen MR) is 42.8 cm³/mol. The minimum absolute atomic E-state index is 0.574. The Hall–Kier alpha value is -0.120. The van der Waals surface area contributed by atoms with Crippen LogP contribution in [-0.2, 0) is 0 Å². The smallest absolute Gasteiger partial charge is 0.0740 e. The van der Waals surface area contributed by atoms with Crippen LogP contribution in [0.1, 0.15) is 20.3 Å². The lowest BCUT2D eigenvalue weighted by atomic mass is 10.0. The van der Waals surface area contributed by atoms with Crippen LogP contribution in [0, 0.1) is 0 Å². The number of hydrogen-bond acceptors (Lipinski definition) is 3. The van der Waals surface area contributed by atoms with E-state index in [9.17, 15) is 5.11 Å². The molecule has 3 heteroatoms. The van der Waals surface area contributed by atoms with Crippen LogP contribution in [0.3, 0.4) is 0 Å². The van der Waals surface area contributed by atoms with E-state index in [4.69, 9.17) is 5.73 Å². The fourth-order valence-corrected chi connectivity index (χ4v) is 0.585. The van der Waals surface area contributed by atoms with Crippen LogP contribution in [0.15, 0.2) is 0 Å². The zero-order valence-corrected chi connectivity index (χ0v) is 6.85. The maximum Gasteiger partial charge on any atom is 0.0740 e. The molecule has 0 amide bonds. The molecule has 1 unspecified atom stereocenters. The third-order valence-electron chi connectivity index (χ3n) is 1.59. The molecule has 0 aromatic carbocycles. The first-order valence-corrected chi connectivity index (χ1v) is 3.75. The summed E-state index contributed by atoms with van der Waals surface area (Å²) in [5, 5.41) is 12.5. The number of nitrogens with one attached hydrogen (secondary N) is 1. The lowest BCUT2D eigenvalue weighted by molar-refractivity contribution is 0.0563. The van der Waals surface area contributed by atoms with Gasteiger partial charge in [0.25, 0.3) is 0 Å². The molecule has 0 radical (unpaired) electrons. The Kier molecular flexibility index (Phi) is 4.60. The van der Waals surface area contributed by atoms with Gasteiger partial charge in [0, 0.05) is 19.6 Å². The molecule has 62 valence electrons. The maximum atomic E-state index is 9.45. The van der Waals surface area contributed by atoms with Gasteiger partial charge >= 0.3 is 0 Å². The average Bonchev–Trinajstić information content (AvgIpc) is 1.89. The van der Waals surface area contributed by atoms with Crippen molar-refractivity contribution in [1.82, 2.24) is 5.32 Å². The molecule has 0 heterocycles. The molecule has 0 rings (SSSR count). The Bertz CT molecular complexity index is 83.7. The number of nitrogens with two attached hydrogens (primary N) is 1. The van der Waals surface area contributed by atoms with Gasteiger partial charge in [-0.2, -0.15) is 0 Å². The second-order valence-corrected chi connectivity index (χ2v) is 2.82. The van der Waals surface area contributed by atoms with E-state index in [0.29, 0.717) is 13.1 Å². The third kappa shape index (κ3) is 4.73. The van der Waals surface area contributed by atoms with E-state index in [1.54, 1.807) is 0 Å². The first-order chi connectivity index (χ1) is 4.62. The minimum atomic E-state index is -0.574. The summed E-state index contributed by atoms with van der Waals surface area (Å²) in [5.41, 5.74) is 4.68. The van der Waals surface area contributed by atoms with E-state index >= 15 is 0 Å². The fraction of sp³-hybridized carbons (Fsp3) is 1.00. The lowest BCUT2D eigenvalue weighted by Crippen LogP contribution is -2.38. The second kappa shape index (κ2) is 4.66. The number of rotatable bonds is 5. The molecular formula is C7H18N2O. The standard InChI is InChI=1S/C7H18N2O/c1-3-7(2,10)6-9-5-4-8/h9-10H,3-6,8H2,1-2H3. The van der Waals surface area contributed by atoms with Crippen LogP contribution >= 0.6 is 0 Å². The van der Waals surface area contributed by atoms with E-state index < -0.39 is 5.60 Å². The molecule has 0 aliphatic rings. The highest BCUT2D eigenvalue weighted by Crippen LogP contribution is 2.04. The molecule has 4 N–H and O–H groups in total. The molecule has 0 aromatic rings. The van der Waals surface area contributed by atoms with Gasteiger partial charge in [0.1, 0.15) is 0 Å². The number of aliphatic hydroxyl groups is 1. The molecular weight excluding hydrogens is 128 g/mol. The first-order valence-electron chi connectivity index (χ1n) is 3.75. The third-order valence-corrected chi connectivity index (χ3v) is 1.59. The lowest BCUT2D eigenvalue weighted by Gasteiger charge is -2.21. The van der Waals surface area contributed by atoms with Gasteiger partial charge < -0.3 is 16.2 Å². The maximum absolute atomic E-state index is 9.45. The Morgan fingerprint density at radius 3 is 2.60 bits per heavy atom. The van der Waals surface area contributed by atoms with E-state index in [0.717, 1.165) is 13.0 Å². The molecule has 0 bridgehead atoms. The molecule has 0 aliphatic carbocycles. The van der Waals surface area contributed by atoms with Crippen molar-refractivity contribution in [3.05, 3.63) is 0 Å². The van der Waals surface area contributed by atoms with Crippen molar-refractivity contribution in [2.45, 2.75) is 25.9 Å². The highest BCUT2D eigenvalue weighted by atomic mass is 16.3. The van der Waals surface area contributed by atoms with Crippen LogP contribution < -0.4 is 11.1 Å². The van der Waals surface area contributed by atoms with Gasteiger partial charge in [0.15, 0.2) is 0 Å². The molecule has 0 saturated carbocycles. The normalized spacial score (nSPS) is 16.8. The SMILES string of the molecule is CCC(C)(O)CNCCN. The minimum Gasteiger partial charge on any atom is -0.389 e. The van der Waals surface area contributed by atoms with E-state index in [1.807, 2.05) is 13.8 Å². The summed E-state index contributed by atoms with van der Waals surface area (Å²) in [7, 11) is 0. The van der Waals surface area contributed by atoms with Crippen molar-refractivity contribution < 1.29 is 5.11 Å². The molecule has 1 atom stereocenters. The summed E-state index contributed by atoms with van der Waals surface area (Å²) in [6, 6.07) is 0. The fourth-order valence-electron chi connectivity index (χ4n) is 0.585. The highest BCUT2D eigenvalue weighted by molar-refractivity contribution is 4.72. The van der Waals surface area contributed by atoms with Crippen LogP contribution in [-0.4, -0.2) is 30.3 Å². The predicted octanol–water partition coefficient (Wildman–Crippen LogP) is -0.304. The molecule has 0 aromatic heterocycles. The van der Waals surface area contributed by atoms with Crippen molar-refractivity contribution in [2.24, 2.45) is 5.73 Å². The summed E-state index contributed by atoms with van der Waals surface area (Å²) in [6.45, 7) is 5.80. The van der Waals surface area contributed by atoms with E-state index in [2.05, 4.69) is 5.32 Å². The quantitative estimate of drug-likeness (QED) is 0.467. The van der Waals surface area contributed by atoms with Gasteiger partial charge in [0.05, 0.1) is 5.60 Å². The van der Waals surface area contributed by atoms with Crippen molar-refractivity contribution in [1.29, 1.82) is 0 Å². The molecule has 0 saturated heterocycles.